The van der Waals surface area contributed by atoms with Crippen LogP contribution in [-0.4, -0.2) is 31.3 Å². The first-order valence-corrected chi connectivity index (χ1v) is 12.4. The summed E-state index contributed by atoms with van der Waals surface area (Å²) in [6.45, 7) is 2.08. The first kappa shape index (κ1) is 23.8. The molecule has 0 radical (unpaired) electrons. The standard InChI is InChI=1S/C29H27ClN4O2/c1-35-22-12-14-23(15-13-22)36-24-5-4-16-34(19-24)28-25-6-2-3-7-27(25)33-29(26(28)17-31)32-18-20-8-10-21(30)11-9-20/h2-3,6-15,24H,4-5,16,18-19H2,1H3,(H,32,33). The van der Waals surface area contributed by atoms with Gasteiger partial charge in [0, 0.05) is 23.5 Å². The van der Waals surface area contributed by atoms with Crippen molar-refractivity contribution in [3.05, 3.63) is 88.9 Å². The van der Waals surface area contributed by atoms with Gasteiger partial charge in [-0.1, -0.05) is 41.9 Å². The third-order valence-electron chi connectivity index (χ3n) is 6.41. The number of nitrogens with one attached hydrogen (secondary N) is 1. The van der Waals surface area contributed by atoms with Crippen LogP contribution in [0.2, 0.25) is 5.02 Å². The van der Waals surface area contributed by atoms with Crippen molar-refractivity contribution in [3.8, 4) is 17.6 Å². The Labute approximate surface area is 216 Å². The molecule has 1 fully saturated rings. The minimum atomic E-state index is 0.0103. The fourth-order valence-corrected chi connectivity index (χ4v) is 4.76. The Kier molecular flexibility index (Phi) is 7.11. The van der Waals surface area contributed by atoms with Gasteiger partial charge in [-0.05, 0) is 60.9 Å². The highest BCUT2D eigenvalue weighted by Gasteiger charge is 2.27. The van der Waals surface area contributed by atoms with Crippen LogP contribution < -0.4 is 19.7 Å². The SMILES string of the molecule is COc1ccc(OC2CCCN(c3c(C#N)c(NCc4ccc(Cl)cc4)nc4ccccc34)C2)cc1. The van der Waals surface area contributed by atoms with Crippen LogP contribution >= 0.6 is 11.6 Å². The molecule has 0 amide bonds. The van der Waals surface area contributed by atoms with Gasteiger partial charge in [-0.15, -0.1) is 0 Å². The van der Waals surface area contributed by atoms with E-state index in [1.54, 1.807) is 7.11 Å². The zero-order chi connectivity index (χ0) is 24.9. The maximum Gasteiger partial charge on any atom is 0.147 e. The van der Waals surface area contributed by atoms with Gasteiger partial charge in [0.25, 0.3) is 0 Å². The molecule has 1 atom stereocenters. The monoisotopic (exact) mass is 498 g/mol. The lowest BCUT2D eigenvalue weighted by Crippen LogP contribution is -2.41. The van der Waals surface area contributed by atoms with Crippen LogP contribution in [0.25, 0.3) is 10.9 Å². The summed E-state index contributed by atoms with van der Waals surface area (Å²) >= 11 is 6.03. The van der Waals surface area contributed by atoms with E-state index in [1.807, 2.05) is 72.8 Å². The number of ether oxygens (including phenoxy) is 2. The number of pyridine rings is 1. The van der Waals surface area contributed by atoms with E-state index in [1.165, 1.54) is 0 Å². The molecule has 1 saturated heterocycles. The molecule has 3 aromatic carbocycles. The van der Waals surface area contributed by atoms with E-state index in [9.17, 15) is 5.26 Å². The summed E-state index contributed by atoms with van der Waals surface area (Å²) in [6.07, 6.45) is 1.93. The second kappa shape index (κ2) is 10.8. The number of nitriles is 1. The molecule has 0 aliphatic carbocycles. The third kappa shape index (κ3) is 5.17. The second-order valence-electron chi connectivity index (χ2n) is 8.80. The second-order valence-corrected chi connectivity index (χ2v) is 9.23. The molecule has 0 saturated carbocycles. The molecule has 2 heterocycles. The van der Waals surface area contributed by atoms with E-state index in [0.717, 1.165) is 53.0 Å². The van der Waals surface area contributed by atoms with Gasteiger partial charge in [-0.2, -0.15) is 5.26 Å². The maximum atomic E-state index is 10.3. The zero-order valence-electron chi connectivity index (χ0n) is 20.1. The molecule has 1 aromatic heterocycles. The van der Waals surface area contributed by atoms with Crippen molar-refractivity contribution in [2.24, 2.45) is 0 Å². The van der Waals surface area contributed by atoms with Crippen molar-refractivity contribution in [3.63, 3.8) is 0 Å². The fourth-order valence-electron chi connectivity index (χ4n) is 4.63. The molecular formula is C29H27ClN4O2. The average Bonchev–Trinajstić information content (AvgIpc) is 2.92. The van der Waals surface area contributed by atoms with E-state index in [2.05, 4.69) is 16.3 Å². The quantitative estimate of drug-likeness (QED) is 0.316. The molecule has 0 spiro atoms. The van der Waals surface area contributed by atoms with Gasteiger partial charge in [0.15, 0.2) is 0 Å². The van der Waals surface area contributed by atoms with Crippen LogP contribution in [0.1, 0.15) is 24.0 Å². The molecule has 1 unspecified atom stereocenters. The number of piperidine rings is 1. The van der Waals surface area contributed by atoms with Crippen molar-refractivity contribution >= 4 is 34.0 Å². The molecule has 1 aliphatic rings. The Bertz CT molecular complexity index is 1380. The molecule has 7 heteroatoms. The number of fused-ring (bicyclic) bond motifs is 1. The highest BCUT2D eigenvalue weighted by molar-refractivity contribution is 6.30. The van der Waals surface area contributed by atoms with Crippen molar-refractivity contribution < 1.29 is 9.47 Å². The number of nitrogens with zero attached hydrogens (tertiary/aromatic N) is 3. The van der Waals surface area contributed by atoms with Crippen LogP contribution in [0, 0.1) is 11.3 Å². The Morgan fingerprint density at radius 1 is 1.06 bits per heavy atom. The number of para-hydroxylation sites is 1. The van der Waals surface area contributed by atoms with E-state index in [4.69, 9.17) is 26.1 Å². The van der Waals surface area contributed by atoms with Gasteiger partial charge in [0.2, 0.25) is 0 Å². The van der Waals surface area contributed by atoms with Gasteiger partial charge in [-0.25, -0.2) is 4.98 Å². The molecule has 6 nitrogen and oxygen atoms in total. The number of aromatic nitrogens is 1. The van der Waals surface area contributed by atoms with Crippen LogP contribution in [0.4, 0.5) is 11.5 Å². The number of rotatable bonds is 7. The molecule has 1 aliphatic heterocycles. The van der Waals surface area contributed by atoms with Crippen LogP contribution in [-0.2, 0) is 6.54 Å². The summed E-state index contributed by atoms with van der Waals surface area (Å²) < 4.78 is 11.6. The smallest absolute Gasteiger partial charge is 0.147 e. The number of hydrogen-bond donors (Lipinski definition) is 1. The van der Waals surface area contributed by atoms with E-state index >= 15 is 0 Å². The molecule has 1 N–H and O–H groups in total. The molecule has 36 heavy (non-hydrogen) atoms. The topological polar surface area (TPSA) is 70.4 Å². The number of anilines is 2. The number of hydrogen-bond acceptors (Lipinski definition) is 6. The zero-order valence-corrected chi connectivity index (χ0v) is 20.8. The Hall–Kier alpha value is -3.95. The minimum absolute atomic E-state index is 0.0103. The molecule has 0 bridgehead atoms. The van der Waals surface area contributed by atoms with Gasteiger partial charge in [0.05, 0.1) is 24.9 Å². The predicted molar refractivity (Wildman–Crippen MR) is 144 cm³/mol. The van der Waals surface area contributed by atoms with Crippen molar-refractivity contribution in [1.29, 1.82) is 5.26 Å². The lowest BCUT2D eigenvalue weighted by Gasteiger charge is -2.35. The molecular weight excluding hydrogens is 472 g/mol. The fraction of sp³-hybridized carbons (Fsp3) is 0.241. The van der Waals surface area contributed by atoms with Crippen molar-refractivity contribution in [1.82, 2.24) is 4.98 Å². The summed E-state index contributed by atoms with van der Waals surface area (Å²) in [4.78, 5) is 7.08. The lowest BCUT2D eigenvalue weighted by atomic mass is 10.0. The Balaban J connectivity index is 1.44. The summed E-state index contributed by atoms with van der Waals surface area (Å²) in [5.41, 5.74) is 3.37. The molecule has 5 rings (SSSR count). The first-order valence-electron chi connectivity index (χ1n) is 12.0. The van der Waals surface area contributed by atoms with Crippen LogP contribution in [0.15, 0.2) is 72.8 Å². The molecule has 4 aromatic rings. The summed E-state index contributed by atoms with van der Waals surface area (Å²) in [7, 11) is 1.65. The maximum absolute atomic E-state index is 10.3. The van der Waals surface area contributed by atoms with Gasteiger partial charge in [-0.3, -0.25) is 0 Å². The normalized spacial score (nSPS) is 15.4. The van der Waals surface area contributed by atoms with E-state index in [0.29, 0.717) is 29.5 Å². The summed E-state index contributed by atoms with van der Waals surface area (Å²) in [5.74, 6) is 2.19. The van der Waals surface area contributed by atoms with Crippen molar-refractivity contribution in [2.75, 3.05) is 30.4 Å². The van der Waals surface area contributed by atoms with Crippen LogP contribution in [0.3, 0.4) is 0 Å². The van der Waals surface area contributed by atoms with Crippen molar-refractivity contribution in [2.45, 2.75) is 25.5 Å². The first-order chi connectivity index (χ1) is 17.6. The van der Waals surface area contributed by atoms with Gasteiger partial charge in [0.1, 0.15) is 35.1 Å². The lowest BCUT2D eigenvalue weighted by molar-refractivity contribution is 0.179. The highest BCUT2D eigenvalue weighted by Crippen LogP contribution is 2.36. The van der Waals surface area contributed by atoms with Crippen LogP contribution in [0.5, 0.6) is 11.5 Å². The summed E-state index contributed by atoms with van der Waals surface area (Å²) in [5, 5.41) is 15.3. The van der Waals surface area contributed by atoms with Gasteiger partial charge >= 0.3 is 0 Å². The Morgan fingerprint density at radius 2 is 1.81 bits per heavy atom. The minimum Gasteiger partial charge on any atom is -0.497 e. The molecule has 182 valence electrons. The highest BCUT2D eigenvalue weighted by atomic mass is 35.5. The number of halogens is 1. The van der Waals surface area contributed by atoms with E-state index in [-0.39, 0.29) is 6.10 Å². The predicted octanol–water partition coefficient (Wildman–Crippen LogP) is 6.43. The summed E-state index contributed by atoms with van der Waals surface area (Å²) in [6, 6.07) is 25.7. The number of benzene rings is 3. The largest absolute Gasteiger partial charge is 0.497 e. The van der Waals surface area contributed by atoms with E-state index < -0.39 is 0 Å². The van der Waals surface area contributed by atoms with Gasteiger partial charge < -0.3 is 19.7 Å². The third-order valence-corrected chi connectivity index (χ3v) is 6.66. The Morgan fingerprint density at radius 3 is 2.56 bits per heavy atom. The average molecular weight is 499 g/mol. The number of methoxy groups -OCH3 is 1.